The number of benzene rings is 2. The Balaban J connectivity index is 1.89. The summed E-state index contributed by atoms with van der Waals surface area (Å²) in [5.74, 6) is -7.55. The van der Waals surface area contributed by atoms with Gasteiger partial charge in [0.1, 0.15) is 40.3 Å². The van der Waals surface area contributed by atoms with Gasteiger partial charge in [0.2, 0.25) is 5.88 Å². The van der Waals surface area contributed by atoms with Crippen LogP contribution in [0.5, 0.6) is 23.1 Å². The number of ether oxygens (including phenoxy) is 4. The number of hydrogen-bond acceptors (Lipinski definition) is 7. The van der Waals surface area contributed by atoms with Crippen LogP contribution in [0.15, 0.2) is 53.3 Å². The van der Waals surface area contributed by atoms with Crippen molar-refractivity contribution in [2.24, 2.45) is 7.05 Å². The maximum atomic E-state index is 15.3. The van der Waals surface area contributed by atoms with Crippen LogP contribution in [0.2, 0.25) is 0 Å². The zero-order chi connectivity index (χ0) is 32.3. The van der Waals surface area contributed by atoms with E-state index in [1.807, 2.05) is 0 Å². The Morgan fingerprint density at radius 1 is 0.977 bits per heavy atom. The Morgan fingerprint density at radius 3 is 2.11 bits per heavy atom. The topological polar surface area (TPSA) is 106 Å². The minimum atomic E-state index is -3.23. The third-order valence-corrected chi connectivity index (χ3v) is 6.02. The fraction of sp³-hybridized carbons (Fsp3) is 0.250. The second-order valence-corrected chi connectivity index (χ2v) is 9.25. The highest BCUT2D eigenvalue weighted by Crippen LogP contribution is 2.35. The van der Waals surface area contributed by atoms with E-state index >= 15 is 8.78 Å². The summed E-state index contributed by atoms with van der Waals surface area (Å²) in [4.78, 5) is 31.0. The van der Waals surface area contributed by atoms with Gasteiger partial charge in [-0.15, -0.1) is 0 Å². The minimum Gasteiger partial charge on any atom is -0.497 e. The Kier molecular flexibility index (Phi) is 9.11. The molecule has 4 rings (SSSR count). The summed E-state index contributed by atoms with van der Waals surface area (Å²) in [6, 6.07) is 8.51. The average Bonchev–Trinajstić information content (AvgIpc) is 3.19. The van der Waals surface area contributed by atoms with Crippen LogP contribution in [-0.4, -0.2) is 53.6 Å². The zero-order valence-corrected chi connectivity index (χ0v) is 23.5. The summed E-state index contributed by atoms with van der Waals surface area (Å²) in [6.07, 6.45) is 0. The lowest BCUT2D eigenvalue weighted by Gasteiger charge is -2.15. The van der Waals surface area contributed by atoms with E-state index in [9.17, 15) is 27.2 Å². The quantitative estimate of drug-likeness (QED) is 0.222. The molecule has 2 heterocycles. The number of nitrogens with zero attached hydrogens (tertiary/aromatic N) is 3. The number of pyridine rings is 1. The summed E-state index contributed by atoms with van der Waals surface area (Å²) >= 11 is 0. The van der Waals surface area contributed by atoms with Crippen molar-refractivity contribution in [3.8, 4) is 40.2 Å². The lowest BCUT2D eigenvalue weighted by molar-refractivity contribution is -0.0498. The van der Waals surface area contributed by atoms with Gasteiger partial charge in [-0.25, -0.2) is 17.6 Å². The first kappa shape index (κ1) is 31.8. The Morgan fingerprint density at radius 2 is 1.57 bits per heavy atom. The fourth-order valence-corrected chi connectivity index (χ4v) is 4.10. The number of rotatable bonds is 11. The van der Waals surface area contributed by atoms with Crippen molar-refractivity contribution in [2.75, 3.05) is 26.1 Å². The van der Waals surface area contributed by atoms with Gasteiger partial charge in [0.25, 0.3) is 17.4 Å². The molecule has 0 fully saturated rings. The normalized spacial score (nSPS) is 11.4. The van der Waals surface area contributed by atoms with Crippen LogP contribution in [0.4, 0.5) is 32.0 Å². The number of amides is 1. The fourth-order valence-electron chi connectivity index (χ4n) is 4.10. The second kappa shape index (κ2) is 12.6. The predicted octanol–water partition coefficient (Wildman–Crippen LogP) is 5.42. The molecular weight excluding hydrogens is 602 g/mol. The van der Waals surface area contributed by atoms with Gasteiger partial charge in [-0.05, 0) is 24.3 Å². The van der Waals surface area contributed by atoms with Crippen LogP contribution in [0.25, 0.3) is 17.1 Å². The van der Waals surface area contributed by atoms with Crippen LogP contribution in [0, 0.1) is 11.6 Å². The highest BCUT2D eigenvalue weighted by atomic mass is 19.3. The number of nitrogens with one attached hydrogen (secondary N) is 1. The number of anilines is 1. The first-order chi connectivity index (χ1) is 20.7. The van der Waals surface area contributed by atoms with Crippen LogP contribution in [0.1, 0.15) is 17.3 Å². The molecule has 4 aromatic rings. The molecular formula is C28H24F6N4O6. The van der Waals surface area contributed by atoms with Gasteiger partial charge >= 0.3 is 6.61 Å². The molecule has 1 amide bonds. The molecule has 0 aliphatic carbocycles. The molecule has 44 heavy (non-hydrogen) atoms. The number of carbonyl (C=O) groups is 1. The molecule has 2 aromatic carbocycles. The second-order valence-electron chi connectivity index (χ2n) is 9.25. The average molecular weight is 627 g/mol. The largest absolute Gasteiger partial charge is 0.497 e. The van der Waals surface area contributed by atoms with Crippen LogP contribution < -0.4 is 29.8 Å². The van der Waals surface area contributed by atoms with Crippen LogP contribution in [0.3, 0.4) is 0 Å². The number of carbonyl (C=O) groups excluding carboxylic acids is 1. The molecule has 16 heteroatoms. The molecule has 2 aromatic heterocycles. The summed E-state index contributed by atoms with van der Waals surface area (Å²) in [5, 5.41) is 2.32. The number of halogens is 6. The molecule has 10 nitrogen and oxygen atoms in total. The summed E-state index contributed by atoms with van der Waals surface area (Å²) in [5.41, 5.74) is -2.97. The molecule has 0 radical (unpaired) electrons. The third-order valence-electron chi connectivity index (χ3n) is 6.02. The molecule has 0 atom stereocenters. The van der Waals surface area contributed by atoms with Crippen molar-refractivity contribution < 1.29 is 50.1 Å². The van der Waals surface area contributed by atoms with E-state index in [0.29, 0.717) is 6.92 Å². The van der Waals surface area contributed by atoms with Gasteiger partial charge in [0.15, 0.2) is 12.4 Å². The number of alkyl halides is 4. The van der Waals surface area contributed by atoms with Crippen LogP contribution in [-0.2, 0) is 7.05 Å². The van der Waals surface area contributed by atoms with Crippen LogP contribution >= 0.6 is 0 Å². The Labute approximate surface area is 245 Å². The van der Waals surface area contributed by atoms with Crippen molar-refractivity contribution >= 4 is 11.6 Å². The number of hydrogen-bond donors (Lipinski definition) is 1. The molecule has 0 saturated carbocycles. The molecule has 0 saturated heterocycles. The monoisotopic (exact) mass is 626 g/mol. The van der Waals surface area contributed by atoms with Crippen molar-refractivity contribution in [3.63, 3.8) is 0 Å². The first-order valence-corrected chi connectivity index (χ1v) is 12.5. The summed E-state index contributed by atoms with van der Waals surface area (Å²) in [6.45, 7) is -3.55. The molecule has 234 valence electrons. The summed E-state index contributed by atoms with van der Waals surface area (Å²) < 4.78 is 104. The van der Waals surface area contributed by atoms with E-state index in [-0.39, 0.29) is 34.5 Å². The van der Waals surface area contributed by atoms with E-state index < -0.39 is 59.2 Å². The molecule has 0 bridgehead atoms. The van der Waals surface area contributed by atoms with E-state index in [1.165, 1.54) is 33.4 Å². The molecule has 0 unspecified atom stereocenters. The smallest absolute Gasteiger partial charge is 0.387 e. The Hall–Kier alpha value is -5.15. The van der Waals surface area contributed by atoms with Gasteiger partial charge in [0, 0.05) is 43.8 Å². The maximum absolute atomic E-state index is 15.3. The SMILES string of the molecule is COc1cc(OCC(C)(F)F)nc(-n2c(=O)c(NC(=O)c3ccc(OC(F)F)cc3)c(-c3c(F)cc(OC)cc3F)n2C)c1. The van der Waals surface area contributed by atoms with Gasteiger partial charge in [-0.3, -0.25) is 14.3 Å². The highest BCUT2D eigenvalue weighted by molar-refractivity contribution is 6.06. The van der Waals surface area contributed by atoms with Crippen molar-refractivity contribution in [1.29, 1.82) is 0 Å². The zero-order valence-electron chi connectivity index (χ0n) is 23.5. The Bertz CT molecular complexity index is 1710. The lowest BCUT2D eigenvalue weighted by Crippen LogP contribution is -2.24. The van der Waals surface area contributed by atoms with Gasteiger partial charge < -0.3 is 24.3 Å². The predicted molar refractivity (Wildman–Crippen MR) is 144 cm³/mol. The number of aromatic nitrogens is 3. The van der Waals surface area contributed by atoms with E-state index in [0.717, 1.165) is 45.8 Å². The van der Waals surface area contributed by atoms with Gasteiger partial charge in [-0.1, -0.05) is 0 Å². The number of methoxy groups -OCH3 is 2. The van der Waals surface area contributed by atoms with Crippen molar-refractivity contribution in [2.45, 2.75) is 19.5 Å². The standard InChI is InChI=1S/C28H24F6N4O6/c1-28(33,34)13-43-21-12-17(42-4)11-20(35-21)38-26(40)23(36-25(39)14-5-7-15(8-6-14)44-27(31)32)24(37(38)2)22-18(29)9-16(41-3)10-19(22)30/h5-12,27H,13H2,1-4H3,(H,36,39). The third kappa shape index (κ3) is 6.90. The molecule has 0 aliphatic rings. The van der Waals surface area contributed by atoms with Gasteiger partial charge in [0.05, 0.1) is 19.8 Å². The van der Waals surface area contributed by atoms with E-state index in [4.69, 9.17) is 14.2 Å². The van der Waals surface area contributed by atoms with Crippen molar-refractivity contribution in [3.05, 3.63) is 76.1 Å². The molecule has 1 N–H and O–H groups in total. The first-order valence-electron chi connectivity index (χ1n) is 12.5. The summed E-state index contributed by atoms with van der Waals surface area (Å²) in [7, 11) is 3.67. The molecule has 0 aliphatic heterocycles. The van der Waals surface area contributed by atoms with Gasteiger partial charge in [-0.2, -0.15) is 18.4 Å². The van der Waals surface area contributed by atoms with E-state index in [1.54, 1.807) is 0 Å². The maximum Gasteiger partial charge on any atom is 0.387 e. The lowest BCUT2D eigenvalue weighted by atomic mass is 10.1. The highest BCUT2D eigenvalue weighted by Gasteiger charge is 2.29. The van der Waals surface area contributed by atoms with Crippen molar-refractivity contribution in [1.82, 2.24) is 14.3 Å². The minimum absolute atomic E-state index is 0.0255. The molecule has 0 spiro atoms. The van der Waals surface area contributed by atoms with E-state index in [2.05, 4.69) is 15.0 Å².